The van der Waals surface area contributed by atoms with E-state index in [4.69, 9.17) is 9.47 Å². The van der Waals surface area contributed by atoms with Crippen molar-refractivity contribution in [2.24, 2.45) is 0 Å². The normalized spacial score (nSPS) is 19.7. The van der Waals surface area contributed by atoms with Crippen molar-refractivity contribution in [1.82, 2.24) is 0 Å². The first kappa shape index (κ1) is 8.53. The number of esters is 1. The molecule has 0 aliphatic carbocycles. The summed E-state index contributed by atoms with van der Waals surface area (Å²) in [6.07, 6.45) is 3.31. The summed E-state index contributed by atoms with van der Waals surface area (Å²) in [5, 5.41) is 0. The van der Waals surface area contributed by atoms with Crippen LogP contribution in [0.15, 0.2) is 0 Å². The molecule has 1 rings (SSSR count). The first-order valence-electron chi connectivity index (χ1n) is 4.00. The number of hydrogen-bond donors (Lipinski definition) is 0. The van der Waals surface area contributed by atoms with E-state index in [2.05, 4.69) is 0 Å². The van der Waals surface area contributed by atoms with Crippen LogP contribution >= 0.6 is 0 Å². The van der Waals surface area contributed by atoms with Gasteiger partial charge in [-0.05, 0) is 26.2 Å². The van der Waals surface area contributed by atoms with Crippen LogP contribution in [0.1, 0.15) is 26.2 Å². The molecular formula is C8H13O3. The number of carbonyl (C=O) groups excluding carboxylic acids is 1. The van der Waals surface area contributed by atoms with E-state index in [1.165, 1.54) is 0 Å². The van der Waals surface area contributed by atoms with Crippen LogP contribution in [0.2, 0.25) is 0 Å². The van der Waals surface area contributed by atoms with Crippen molar-refractivity contribution in [3.05, 3.63) is 6.10 Å². The molecule has 0 atom stereocenters. The molecule has 0 spiro atoms. The smallest absolute Gasteiger partial charge is 0.342 e. The molecule has 1 aliphatic rings. The Bertz CT molecular complexity index is 127. The first-order valence-corrected chi connectivity index (χ1v) is 4.00. The number of rotatable bonds is 2. The van der Waals surface area contributed by atoms with Crippen LogP contribution in [0.25, 0.3) is 0 Å². The second kappa shape index (κ2) is 4.34. The van der Waals surface area contributed by atoms with Gasteiger partial charge in [-0.2, -0.15) is 0 Å². The second-order valence-corrected chi connectivity index (χ2v) is 2.45. The Hall–Kier alpha value is -0.570. The average Bonchev–Trinajstić information content (AvgIpc) is 2.07. The Labute approximate surface area is 66.7 Å². The molecule has 0 amide bonds. The van der Waals surface area contributed by atoms with Crippen molar-refractivity contribution in [1.29, 1.82) is 0 Å². The van der Waals surface area contributed by atoms with Crippen LogP contribution in [0.4, 0.5) is 0 Å². The summed E-state index contributed by atoms with van der Waals surface area (Å²) in [4.78, 5) is 11.0. The van der Waals surface area contributed by atoms with Crippen LogP contribution in [0, 0.1) is 6.10 Å². The van der Waals surface area contributed by atoms with Gasteiger partial charge in [0.2, 0.25) is 6.10 Å². The number of ether oxygens (including phenoxy) is 2. The Balaban J connectivity index is 2.27. The maximum Gasteiger partial charge on any atom is 0.342 e. The third-order valence-electron chi connectivity index (χ3n) is 1.58. The Kier molecular flexibility index (Phi) is 3.36. The van der Waals surface area contributed by atoms with Crippen molar-refractivity contribution in [2.75, 3.05) is 13.2 Å². The first-order chi connectivity index (χ1) is 5.34. The third-order valence-corrected chi connectivity index (χ3v) is 1.58. The zero-order valence-electron chi connectivity index (χ0n) is 6.76. The van der Waals surface area contributed by atoms with E-state index in [9.17, 15) is 4.79 Å². The van der Waals surface area contributed by atoms with E-state index in [1.54, 1.807) is 6.92 Å². The molecule has 1 fully saturated rings. The predicted molar refractivity (Wildman–Crippen MR) is 39.7 cm³/mol. The van der Waals surface area contributed by atoms with Crippen LogP contribution in [0.3, 0.4) is 0 Å². The summed E-state index contributed by atoms with van der Waals surface area (Å²) in [5.41, 5.74) is 0. The summed E-state index contributed by atoms with van der Waals surface area (Å²) >= 11 is 0. The monoisotopic (exact) mass is 157 g/mol. The van der Waals surface area contributed by atoms with Gasteiger partial charge in [0.05, 0.1) is 6.61 Å². The van der Waals surface area contributed by atoms with Gasteiger partial charge in [0, 0.05) is 6.61 Å². The molecule has 1 saturated heterocycles. The fourth-order valence-electron chi connectivity index (χ4n) is 1.03. The van der Waals surface area contributed by atoms with Crippen LogP contribution in [0.5, 0.6) is 0 Å². The summed E-state index contributed by atoms with van der Waals surface area (Å²) in [6, 6.07) is 0. The lowest BCUT2D eigenvalue weighted by Crippen LogP contribution is -2.22. The summed E-state index contributed by atoms with van der Waals surface area (Å²) in [7, 11) is 0. The van der Waals surface area contributed by atoms with Crippen molar-refractivity contribution < 1.29 is 14.3 Å². The van der Waals surface area contributed by atoms with Gasteiger partial charge in [-0.1, -0.05) is 0 Å². The lowest BCUT2D eigenvalue weighted by Gasteiger charge is -2.18. The highest BCUT2D eigenvalue weighted by atomic mass is 16.6. The molecule has 0 aromatic rings. The fraction of sp³-hybridized carbons (Fsp3) is 0.750. The molecule has 11 heavy (non-hydrogen) atoms. The van der Waals surface area contributed by atoms with Crippen LogP contribution in [-0.4, -0.2) is 19.2 Å². The molecule has 3 heteroatoms. The molecule has 0 saturated carbocycles. The second-order valence-electron chi connectivity index (χ2n) is 2.45. The maximum absolute atomic E-state index is 11.0. The Morgan fingerprint density at radius 3 is 3.00 bits per heavy atom. The Morgan fingerprint density at radius 2 is 2.45 bits per heavy atom. The summed E-state index contributed by atoms with van der Waals surface area (Å²) < 4.78 is 9.91. The topological polar surface area (TPSA) is 35.5 Å². The highest BCUT2D eigenvalue weighted by Gasteiger charge is 2.24. The molecule has 0 aromatic carbocycles. The number of hydrogen-bond acceptors (Lipinski definition) is 3. The quantitative estimate of drug-likeness (QED) is 0.566. The standard InChI is InChI=1S/C8H13O3/c1-2-10-8(9)7-5-3-4-6-11-7/h2-6H2,1H3. The molecule has 63 valence electrons. The molecule has 0 N–H and O–H groups in total. The van der Waals surface area contributed by atoms with Gasteiger partial charge in [-0.25, -0.2) is 4.79 Å². The zero-order chi connectivity index (χ0) is 8.10. The predicted octanol–water partition coefficient (Wildman–Crippen LogP) is 1.28. The van der Waals surface area contributed by atoms with E-state index in [-0.39, 0.29) is 5.97 Å². The minimum absolute atomic E-state index is 0.285. The molecule has 1 aliphatic heterocycles. The largest absolute Gasteiger partial charge is 0.464 e. The Morgan fingerprint density at radius 1 is 1.64 bits per heavy atom. The maximum atomic E-state index is 11.0. The van der Waals surface area contributed by atoms with Crippen molar-refractivity contribution >= 4 is 5.97 Å². The summed E-state index contributed by atoms with van der Waals surface area (Å²) in [6.45, 7) is 2.88. The average molecular weight is 157 g/mol. The fourth-order valence-corrected chi connectivity index (χ4v) is 1.03. The van der Waals surface area contributed by atoms with Gasteiger partial charge in [-0.15, -0.1) is 0 Å². The highest BCUT2D eigenvalue weighted by Crippen LogP contribution is 2.20. The van der Waals surface area contributed by atoms with E-state index in [0.29, 0.717) is 19.3 Å². The van der Waals surface area contributed by atoms with Crippen LogP contribution < -0.4 is 0 Å². The van der Waals surface area contributed by atoms with E-state index in [0.717, 1.165) is 19.3 Å². The van der Waals surface area contributed by atoms with E-state index in [1.807, 2.05) is 0 Å². The van der Waals surface area contributed by atoms with Gasteiger partial charge < -0.3 is 9.47 Å². The van der Waals surface area contributed by atoms with E-state index < -0.39 is 0 Å². The molecular weight excluding hydrogens is 144 g/mol. The number of carbonyl (C=O) groups is 1. The van der Waals surface area contributed by atoms with Gasteiger partial charge in [0.15, 0.2) is 0 Å². The van der Waals surface area contributed by atoms with Crippen LogP contribution in [-0.2, 0) is 14.3 Å². The van der Waals surface area contributed by atoms with Crippen molar-refractivity contribution in [3.63, 3.8) is 0 Å². The zero-order valence-corrected chi connectivity index (χ0v) is 6.76. The van der Waals surface area contributed by atoms with Crippen molar-refractivity contribution in [2.45, 2.75) is 26.2 Å². The molecule has 3 nitrogen and oxygen atoms in total. The van der Waals surface area contributed by atoms with Gasteiger partial charge >= 0.3 is 5.97 Å². The minimum atomic E-state index is -0.285. The van der Waals surface area contributed by atoms with Gasteiger partial charge in [0.25, 0.3) is 0 Å². The SMILES string of the molecule is CCOC(=O)[C]1CCCCO1. The third kappa shape index (κ3) is 2.50. The molecule has 0 unspecified atom stereocenters. The highest BCUT2D eigenvalue weighted by molar-refractivity contribution is 5.82. The molecule has 1 radical (unpaired) electrons. The molecule has 0 bridgehead atoms. The van der Waals surface area contributed by atoms with E-state index >= 15 is 0 Å². The van der Waals surface area contributed by atoms with Gasteiger partial charge in [-0.3, -0.25) is 0 Å². The lowest BCUT2D eigenvalue weighted by atomic mass is 10.1. The molecule has 1 heterocycles. The summed E-state index contributed by atoms with van der Waals surface area (Å²) in [5.74, 6) is -0.285. The van der Waals surface area contributed by atoms with Crippen molar-refractivity contribution in [3.8, 4) is 0 Å². The lowest BCUT2D eigenvalue weighted by molar-refractivity contribution is -0.149. The van der Waals surface area contributed by atoms with Gasteiger partial charge in [0.1, 0.15) is 0 Å². The minimum Gasteiger partial charge on any atom is -0.464 e. The molecule has 0 aromatic heterocycles.